The maximum absolute atomic E-state index is 9.08. The Bertz CT molecular complexity index is 1630. The molecule has 48 heavy (non-hydrogen) atoms. The summed E-state index contributed by atoms with van der Waals surface area (Å²) in [4.78, 5) is 0. The van der Waals surface area contributed by atoms with Gasteiger partial charge in [-0.05, 0) is 58.4 Å². The van der Waals surface area contributed by atoms with Crippen LogP contribution in [0.2, 0.25) is 0 Å². The Morgan fingerprint density at radius 2 is 1.21 bits per heavy atom. The zero-order valence-electron chi connectivity index (χ0n) is 27.2. The van der Waals surface area contributed by atoms with Crippen LogP contribution in [0.4, 0.5) is 0 Å². The fraction of sp³-hybridized carbons (Fsp3) is 0.286. The predicted molar refractivity (Wildman–Crippen MR) is 193 cm³/mol. The summed E-state index contributed by atoms with van der Waals surface area (Å²) in [5.41, 5.74) is 7.16. The highest BCUT2D eigenvalue weighted by atomic mass is 32.2. The highest BCUT2D eigenvalue weighted by molar-refractivity contribution is 8.00. The van der Waals surface area contributed by atoms with Crippen molar-refractivity contribution in [3.05, 3.63) is 173 Å². The largest absolute Gasteiger partial charge is 0.491 e. The normalized spacial score (nSPS) is 19.2. The van der Waals surface area contributed by atoms with E-state index in [2.05, 4.69) is 109 Å². The quantitative estimate of drug-likeness (QED) is 0.114. The van der Waals surface area contributed by atoms with Gasteiger partial charge in [0.1, 0.15) is 18.5 Å². The fourth-order valence-electron chi connectivity index (χ4n) is 6.07. The first kappa shape index (κ1) is 34.0. The molecule has 0 aliphatic carbocycles. The van der Waals surface area contributed by atoms with E-state index in [0.717, 1.165) is 29.7 Å². The number of ether oxygens (including phenoxy) is 4. The van der Waals surface area contributed by atoms with Gasteiger partial charge in [0, 0.05) is 5.25 Å². The van der Waals surface area contributed by atoms with Crippen LogP contribution in [0, 0.1) is 0 Å². The number of hydrogen-bond acceptors (Lipinski definition) is 6. The van der Waals surface area contributed by atoms with Crippen LogP contribution in [0.15, 0.2) is 140 Å². The molecular weight excluding hydrogens is 617 g/mol. The van der Waals surface area contributed by atoms with Crippen LogP contribution in [-0.2, 0) is 40.5 Å². The third kappa shape index (κ3) is 10.0. The van der Waals surface area contributed by atoms with Crippen molar-refractivity contribution in [1.82, 2.24) is 0 Å². The molecule has 1 aliphatic rings. The van der Waals surface area contributed by atoms with Crippen LogP contribution in [-0.4, -0.2) is 42.4 Å². The zero-order chi connectivity index (χ0) is 32.8. The van der Waals surface area contributed by atoms with Crippen LogP contribution in [0.25, 0.3) is 0 Å². The maximum Gasteiger partial charge on any atom is 0.119 e. The predicted octanol–water partition coefficient (Wildman–Crippen LogP) is 8.58. The molecular formula is C42H44O5S. The molecule has 0 unspecified atom stereocenters. The van der Waals surface area contributed by atoms with Crippen molar-refractivity contribution in [3.63, 3.8) is 0 Å². The number of thioether (sulfide) groups is 1. The fourth-order valence-corrected chi connectivity index (χ4v) is 7.67. The number of aliphatic hydroxyl groups excluding tert-OH is 1. The summed E-state index contributed by atoms with van der Waals surface area (Å²) < 4.78 is 25.5. The summed E-state index contributed by atoms with van der Waals surface area (Å²) >= 11 is 1.95. The molecule has 5 aromatic rings. The lowest BCUT2D eigenvalue weighted by atomic mass is 9.95. The van der Waals surface area contributed by atoms with Crippen molar-refractivity contribution in [2.45, 2.75) is 55.4 Å². The van der Waals surface area contributed by atoms with Crippen LogP contribution in [0.5, 0.6) is 5.75 Å². The minimum atomic E-state index is -0.150. The third-order valence-corrected chi connectivity index (χ3v) is 10.0. The van der Waals surface area contributed by atoms with Crippen molar-refractivity contribution < 1.29 is 24.1 Å². The van der Waals surface area contributed by atoms with E-state index in [1.807, 2.05) is 42.1 Å². The van der Waals surface area contributed by atoms with Crippen LogP contribution < -0.4 is 4.74 Å². The molecule has 1 N–H and O–H groups in total. The molecule has 1 fully saturated rings. The van der Waals surface area contributed by atoms with Crippen LogP contribution in [0.3, 0.4) is 0 Å². The number of aliphatic hydroxyl groups is 1. The van der Waals surface area contributed by atoms with Gasteiger partial charge in [-0.15, -0.1) is 11.8 Å². The van der Waals surface area contributed by atoms with Crippen molar-refractivity contribution in [3.8, 4) is 5.75 Å². The molecule has 0 bridgehead atoms. The van der Waals surface area contributed by atoms with Gasteiger partial charge < -0.3 is 24.1 Å². The Hall–Kier alpha value is -3.91. The summed E-state index contributed by atoms with van der Waals surface area (Å²) in [6, 6.07) is 48.2. The van der Waals surface area contributed by atoms with Gasteiger partial charge >= 0.3 is 0 Å². The number of benzene rings is 5. The minimum absolute atomic E-state index is 0.00192. The van der Waals surface area contributed by atoms with Crippen LogP contribution in [0.1, 0.15) is 45.1 Å². The first-order chi connectivity index (χ1) is 23.7. The van der Waals surface area contributed by atoms with E-state index in [9.17, 15) is 0 Å². The minimum Gasteiger partial charge on any atom is -0.491 e. The van der Waals surface area contributed by atoms with Gasteiger partial charge in [-0.3, -0.25) is 0 Å². The summed E-state index contributed by atoms with van der Waals surface area (Å²) in [7, 11) is 0. The Labute approximate surface area is 288 Å². The third-order valence-electron chi connectivity index (χ3n) is 8.48. The topological polar surface area (TPSA) is 57.2 Å². The standard InChI is InChI=1S/C42H44O5S/c43-23-24-45-38-21-19-32(20-22-38)25-36-17-10-18-37(26-36)42-41(47-30-35-15-8-3-9-16-35)40(46-29-34-13-6-2-7-14-34)27-39(48-42)31-44-28-33-11-4-1-5-12-33/h1-22,26,39-43H,23-25,27-31H2/t39-,40-,41+,42-/m0/s1. The second-order valence-corrected chi connectivity index (χ2v) is 13.6. The van der Waals surface area contributed by atoms with E-state index in [-0.39, 0.29) is 29.3 Å². The van der Waals surface area contributed by atoms with Crippen molar-refractivity contribution in [1.29, 1.82) is 0 Å². The first-order valence-electron chi connectivity index (χ1n) is 16.7. The SMILES string of the molecule is OCCOc1ccc(Cc2cccc([C@@H]3S[C@H](COCc4ccccc4)C[C@H](OCc4ccccc4)[C@H]3OCc3ccccc3)c2)cc1. The molecule has 0 saturated carbocycles. The van der Waals surface area contributed by atoms with E-state index in [1.54, 1.807) is 0 Å². The van der Waals surface area contributed by atoms with E-state index in [0.29, 0.717) is 33.0 Å². The molecule has 0 aromatic heterocycles. The summed E-state index contributed by atoms with van der Waals surface area (Å²) in [5.74, 6) is 0.764. The highest BCUT2D eigenvalue weighted by Crippen LogP contribution is 2.46. The summed E-state index contributed by atoms with van der Waals surface area (Å²) in [6.45, 7) is 2.57. The van der Waals surface area contributed by atoms with Crippen molar-refractivity contribution in [2.24, 2.45) is 0 Å². The molecule has 6 rings (SSSR count). The van der Waals surface area contributed by atoms with E-state index in [1.165, 1.54) is 22.3 Å². The summed E-state index contributed by atoms with van der Waals surface area (Å²) in [5, 5.41) is 9.38. The second-order valence-electron chi connectivity index (χ2n) is 12.1. The summed E-state index contributed by atoms with van der Waals surface area (Å²) in [6.07, 6.45) is 1.38. The molecule has 1 heterocycles. The molecule has 248 valence electrons. The Kier molecular flexibility index (Phi) is 12.8. The lowest BCUT2D eigenvalue weighted by molar-refractivity contribution is -0.0949. The molecule has 6 heteroatoms. The average molecular weight is 661 g/mol. The molecule has 4 atom stereocenters. The van der Waals surface area contributed by atoms with E-state index in [4.69, 9.17) is 24.1 Å². The van der Waals surface area contributed by atoms with Gasteiger partial charge in [0.2, 0.25) is 0 Å². The second kappa shape index (κ2) is 18.0. The van der Waals surface area contributed by atoms with Gasteiger partial charge in [-0.2, -0.15) is 0 Å². The Morgan fingerprint density at radius 3 is 1.85 bits per heavy atom. The molecule has 5 nitrogen and oxygen atoms in total. The highest BCUT2D eigenvalue weighted by Gasteiger charge is 2.41. The van der Waals surface area contributed by atoms with Gasteiger partial charge in [0.25, 0.3) is 0 Å². The monoisotopic (exact) mass is 660 g/mol. The molecule has 0 radical (unpaired) electrons. The van der Waals surface area contributed by atoms with Crippen LogP contribution >= 0.6 is 11.8 Å². The molecule has 1 saturated heterocycles. The van der Waals surface area contributed by atoms with Gasteiger partial charge in [-0.1, -0.05) is 127 Å². The van der Waals surface area contributed by atoms with Gasteiger partial charge in [0.15, 0.2) is 0 Å². The number of rotatable bonds is 16. The number of hydrogen-bond donors (Lipinski definition) is 1. The molecule has 5 aromatic carbocycles. The van der Waals surface area contributed by atoms with Gasteiger partial charge in [-0.25, -0.2) is 0 Å². The molecule has 0 amide bonds. The van der Waals surface area contributed by atoms with Crippen molar-refractivity contribution >= 4 is 11.8 Å². The molecule has 1 aliphatic heterocycles. The lowest BCUT2D eigenvalue weighted by Crippen LogP contribution is -2.43. The average Bonchev–Trinajstić information content (AvgIpc) is 3.14. The van der Waals surface area contributed by atoms with Gasteiger partial charge in [0.05, 0.1) is 44.4 Å². The first-order valence-corrected chi connectivity index (χ1v) is 17.7. The van der Waals surface area contributed by atoms with E-state index < -0.39 is 0 Å². The lowest BCUT2D eigenvalue weighted by Gasteiger charge is -2.41. The van der Waals surface area contributed by atoms with Crippen molar-refractivity contribution in [2.75, 3.05) is 19.8 Å². The zero-order valence-corrected chi connectivity index (χ0v) is 28.1. The Morgan fingerprint density at radius 1 is 0.604 bits per heavy atom. The Balaban J connectivity index is 1.24. The smallest absolute Gasteiger partial charge is 0.119 e. The molecule has 0 spiro atoms. The maximum atomic E-state index is 9.08. The van der Waals surface area contributed by atoms with E-state index >= 15 is 0 Å².